The zero-order valence-corrected chi connectivity index (χ0v) is 18.1. The fourth-order valence-corrected chi connectivity index (χ4v) is 3.49. The predicted molar refractivity (Wildman–Crippen MR) is 113 cm³/mol. The molecule has 10 nitrogen and oxygen atoms in total. The lowest BCUT2D eigenvalue weighted by Gasteiger charge is -2.26. The molecule has 3 rings (SSSR count). The van der Waals surface area contributed by atoms with E-state index in [1.54, 1.807) is 4.90 Å². The van der Waals surface area contributed by atoms with Crippen molar-refractivity contribution in [3.05, 3.63) is 45.1 Å². The molecule has 0 amide bonds. The summed E-state index contributed by atoms with van der Waals surface area (Å²) < 4.78 is 54.8. The highest BCUT2D eigenvalue weighted by Gasteiger charge is 2.36. The van der Waals surface area contributed by atoms with Gasteiger partial charge in [-0.3, -0.25) is 13.9 Å². The summed E-state index contributed by atoms with van der Waals surface area (Å²) in [6, 6.07) is 4.99. The van der Waals surface area contributed by atoms with Gasteiger partial charge in [0.2, 0.25) is 0 Å². The average Bonchev–Trinajstić information content (AvgIpc) is 3.10. The first-order valence-electron chi connectivity index (χ1n) is 10.2. The van der Waals surface area contributed by atoms with Crippen molar-refractivity contribution in [3.63, 3.8) is 0 Å². The highest BCUT2D eigenvalue weighted by Crippen LogP contribution is 2.33. The number of rotatable bonds is 10. The Morgan fingerprint density at radius 1 is 1.15 bits per heavy atom. The van der Waals surface area contributed by atoms with Gasteiger partial charge < -0.3 is 29.5 Å². The first kappa shape index (κ1) is 24.5. The first-order valence-corrected chi connectivity index (χ1v) is 10.2. The van der Waals surface area contributed by atoms with Gasteiger partial charge in [0, 0.05) is 46.5 Å². The topological polar surface area (TPSA) is 107 Å². The Labute approximate surface area is 186 Å². The summed E-state index contributed by atoms with van der Waals surface area (Å²) in [5.74, 6) is -0.181. The number of nitrogens with one attached hydrogen (secondary N) is 1. The van der Waals surface area contributed by atoms with Crippen LogP contribution in [0.15, 0.2) is 33.9 Å². The summed E-state index contributed by atoms with van der Waals surface area (Å²) in [7, 11) is 3.01. The molecule has 2 heterocycles. The third kappa shape index (κ3) is 5.60. The molecule has 0 aliphatic carbocycles. The van der Waals surface area contributed by atoms with E-state index in [2.05, 4.69) is 10.1 Å². The van der Waals surface area contributed by atoms with Crippen LogP contribution in [0.3, 0.4) is 0 Å². The zero-order valence-electron chi connectivity index (χ0n) is 18.1. The number of aliphatic hydroxyl groups excluding tert-OH is 1. The van der Waals surface area contributed by atoms with Crippen LogP contribution in [0.1, 0.15) is 12.8 Å². The number of fused-ring (bicyclic) bond motifs is 1. The Morgan fingerprint density at radius 3 is 2.55 bits per heavy atom. The number of aromatic nitrogens is 2. The number of halogens is 3. The van der Waals surface area contributed by atoms with Crippen LogP contribution in [0.5, 0.6) is 11.5 Å². The van der Waals surface area contributed by atoms with Crippen LogP contribution in [0, 0.1) is 0 Å². The van der Waals surface area contributed by atoms with Gasteiger partial charge in [-0.05, 0) is 25.0 Å². The minimum Gasteiger partial charge on any atom is -0.452 e. The van der Waals surface area contributed by atoms with Crippen molar-refractivity contribution in [3.8, 4) is 11.5 Å². The average molecular weight is 474 g/mol. The Kier molecular flexibility index (Phi) is 7.53. The van der Waals surface area contributed by atoms with E-state index < -0.39 is 29.7 Å². The number of ether oxygens (including phenoxy) is 3. The summed E-state index contributed by atoms with van der Waals surface area (Å²) in [5.41, 5.74) is -0.955. The largest absolute Gasteiger partial charge is 0.573 e. The second-order valence-electron chi connectivity index (χ2n) is 7.25. The molecule has 0 spiro atoms. The molecule has 0 saturated heterocycles. The molecule has 2 aromatic rings. The fourth-order valence-electron chi connectivity index (χ4n) is 3.49. The van der Waals surface area contributed by atoms with Crippen LogP contribution >= 0.6 is 0 Å². The lowest BCUT2D eigenvalue weighted by molar-refractivity contribution is -0.274. The first-order chi connectivity index (χ1) is 15.7. The predicted octanol–water partition coefficient (Wildman–Crippen LogP) is 1.46. The van der Waals surface area contributed by atoms with Gasteiger partial charge in [0.25, 0.3) is 11.9 Å². The van der Waals surface area contributed by atoms with Crippen LogP contribution in [0.2, 0.25) is 0 Å². The number of hydrogen-bond acceptors (Lipinski definition) is 8. The van der Waals surface area contributed by atoms with Crippen molar-refractivity contribution in [2.45, 2.75) is 32.1 Å². The van der Waals surface area contributed by atoms with Crippen molar-refractivity contribution in [2.75, 3.05) is 37.1 Å². The van der Waals surface area contributed by atoms with Crippen LogP contribution in [0.4, 0.5) is 24.7 Å². The molecule has 33 heavy (non-hydrogen) atoms. The van der Waals surface area contributed by atoms with Crippen LogP contribution in [-0.2, 0) is 18.3 Å². The molecule has 182 valence electrons. The molecule has 1 aliphatic heterocycles. The standard InChI is InChI=1S/C20H25F3N4O6/c1-25-16-15(17(29)27(19(25)30)8-4-10-28)26(9-5-11-31-2)18(24-16)32-13-6-3-7-14(12-13)33-20(21,22)23/h3,6-7,12,18,24,28H,4-5,8-11H2,1-2H3. The number of hydrogen-bond donors (Lipinski definition) is 2. The molecule has 0 saturated carbocycles. The van der Waals surface area contributed by atoms with Crippen LogP contribution < -0.4 is 30.9 Å². The molecule has 0 radical (unpaired) electrons. The summed E-state index contributed by atoms with van der Waals surface area (Å²) in [5, 5.41) is 12.1. The molecule has 2 N–H and O–H groups in total. The van der Waals surface area contributed by atoms with E-state index in [4.69, 9.17) is 14.6 Å². The third-order valence-electron chi connectivity index (χ3n) is 4.93. The number of alkyl halides is 3. The molecule has 1 atom stereocenters. The summed E-state index contributed by atoms with van der Waals surface area (Å²) in [6.45, 7) is 0.525. The molecular formula is C20H25F3N4O6. The van der Waals surface area contributed by atoms with E-state index in [-0.39, 0.29) is 36.8 Å². The van der Waals surface area contributed by atoms with Crippen molar-refractivity contribution in [1.29, 1.82) is 0 Å². The summed E-state index contributed by atoms with van der Waals surface area (Å²) in [6.07, 6.45) is -5.11. The monoisotopic (exact) mass is 474 g/mol. The smallest absolute Gasteiger partial charge is 0.452 e. The zero-order chi connectivity index (χ0) is 24.2. The van der Waals surface area contributed by atoms with E-state index in [9.17, 15) is 22.8 Å². The SMILES string of the molecule is COCCCN1c2c(n(C)c(=O)n(CCCO)c2=O)NC1Oc1cccc(OC(F)(F)F)c1. The number of anilines is 2. The maximum Gasteiger partial charge on any atom is 0.573 e. The molecule has 1 aliphatic rings. The molecule has 1 aromatic heterocycles. The quantitative estimate of drug-likeness (QED) is 0.499. The number of nitrogens with zero attached hydrogens (tertiary/aromatic N) is 3. The van der Waals surface area contributed by atoms with E-state index in [1.165, 1.54) is 30.9 Å². The number of methoxy groups -OCH3 is 1. The lowest BCUT2D eigenvalue weighted by Crippen LogP contribution is -2.44. The highest BCUT2D eigenvalue weighted by molar-refractivity contribution is 5.71. The van der Waals surface area contributed by atoms with E-state index in [0.717, 1.165) is 16.7 Å². The maximum absolute atomic E-state index is 13.1. The van der Waals surface area contributed by atoms with E-state index in [0.29, 0.717) is 19.6 Å². The van der Waals surface area contributed by atoms with Crippen molar-refractivity contribution < 1.29 is 32.5 Å². The van der Waals surface area contributed by atoms with Gasteiger partial charge in [-0.15, -0.1) is 13.2 Å². The molecule has 0 bridgehead atoms. The second-order valence-corrected chi connectivity index (χ2v) is 7.25. The van der Waals surface area contributed by atoms with Gasteiger partial charge in [0.15, 0.2) is 0 Å². The Hall–Kier alpha value is -3.19. The van der Waals surface area contributed by atoms with Crippen molar-refractivity contribution in [2.24, 2.45) is 7.05 Å². The van der Waals surface area contributed by atoms with E-state index in [1.807, 2.05) is 0 Å². The Balaban J connectivity index is 1.96. The minimum atomic E-state index is -4.86. The summed E-state index contributed by atoms with van der Waals surface area (Å²) >= 11 is 0. The van der Waals surface area contributed by atoms with Gasteiger partial charge in [0.05, 0.1) is 0 Å². The van der Waals surface area contributed by atoms with Gasteiger partial charge in [0.1, 0.15) is 23.0 Å². The molecule has 13 heteroatoms. The Bertz CT molecular complexity index is 1080. The fraction of sp³-hybridized carbons (Fsp3) is 0.500. The number of aliphatic hydroxyl groups is 1. The van der Waals surface area contributed by atoms with Crippen LogP contribution in [-0.4, -0.2) is 53.8 Å². The number of benzene rings is 1. The van der Waals surface area contributed by atoms with Gasteiger partial charge >= 0.3 is 12.1 Å². The highest BCUT2D eigenvalue weighted by atomic mass is 19.4. The molecular weight excluding hydrogens is 449 g/mol. The minimum absolute atomic E-state index is 0.0313. The van der Waals surface area contributed by atoms with E-state index >= 15 is 0 Å². The van der Waals surface area contributed by atoms with Gasteiger partial charge in [-0.2, -0.15) is 0 Å². The summed E-state index contributed by atoms with van der Waals surface area (Å²) in [4.78, 5) is 27.4. The van der Waals surface area contributed by atoms with Crippen molar-refractivity contribution >= 4 is 11.5 Å². The van der Waals surface area contributed by atoms with Crippen LogP contribution in [0.25, 0.3) is 0 Å². The Morgan fingerprint density at radius 2 is 1.88 bits per heavy atom. The molecule has 1 aromatic carbocycles. The third-order valence-corrected chi connectivity index (χ3v) is 4.93. The lowest BCUT2D eigenvalue weighted by atomic mass is 10.3. The van der Waals surface area contributed by atoms with Crippen molar-refractivity contribution in [1.82, 2.24) is 9.13 Å². The maximum atomic E-state index is 13.1. The molecule has 0 fully saturated rings. The normalized spacial score (nSPS) is 15.3. The molecule has 1 unspecified atom stereocenters. The van der Waals surface area contributed by atoms with Gasteiger partial charge in [-0.25, -0.2) is 4.79 Å². The van der Waals surface area contributed by atoms with Gasteiger partial charge in [-0.1, -0.05) is 6.07 Å². The second kappa shape index (κ2) is 10.2.